The lowest BCUT2D eigenvalue weighted by atomic mass is 10.3. The topological polar surface area (TPSA) is 29.5 Å². The second-order valence-electron chi connectivity index (χ2n) is 1.72. The molecule has 2 nitrogen and oxygen atoms in total. The molecule has 0 spiro atoms. The van der Waals surface area contributed by atoms with Crippen molar-refractivity contribution in [2.45, 2.75) is 0 Å². The van der Waals surface area contributed by atoms with E-state index in [-0.39, 0.29) is 5.75 Å². The van der Waals surface area contributed by atoms with E-state index in [9.17, 15) is 0 Å². The Kier molecular flexibility index (Phi) is 2.57. The van der Waals surface area contributed by atoms with Crippen LogP contribution < -0.4 is 4.74 Å². The van der Waals surface area contributed by atoms with E-state index in [4.69, 9.17) is 9.84 Å². The standard InChI is InChI=1S/C7H7BrO2/c8-5-10-7-4-2-1-3-6(7)9/h1-4,9H,5H2. The molecule has 0 heterocycles. The monoisotopic (exact) mass is 202 g/mol. The first-order valence-corrected chi connectivity index (χ1v) is 3.93. The molecule has 0 bridgehead atoms. The van der Waals surface area contributed by atoms with E-state index in [1.807, 2.05) is 0 Å². The number of benzene rings is 1. The van der Waals surface area contributed by atoms with Crippen LogP contribution in [0.2, 0.25) is 0 Å². The molecule has 3 heteroatoms. The highest BCUT2D eigenvalue weighted by molar-refractivity contribution is 9.09. The summed E-state index contributed by atoms with van der Waals surface area (Å²) in [5.41, 5.74) is 0.393. The summed E-state index contributed by atoms with van der Waals surface area (Å²) in [7, 11) is 0. The summed E-state index contributed by atoms with van der Waals surface area (Å²) in [6, 6.07) is 6.84. The van der Waals surface area contributed by atoms with E-state index in [1.165, 1.54) is 0 Å². The predicted molar refractivity (Wildman–Crippen MR) is 42.5 cm³/mol. The van der Waals surface area contributed by atoms with Gasteiger partial charge in [0.1, 0.15) is 5.52 Å². The molecule has 0 fully saturated rings. The molecule has 1 aromatic carbocycles. The maximum absolute atomic E-state index is 9.10. The Morgan fingerprint density at radius 1 is 1.40 bits per heavy atom. The van der Waals surface area contributed by atoms with Crippen molar-refractivity contribution in [2.75, 3.05) is 5.52 Å². The average molecular weight is 203 g/mol. The summed E-state index contributed by atoms with van der Waals surface area (Å²) < 4.78 is 5.00. The van der Waals surface area contributed by atoms with Gasteiger partial charge in [-0.05, 0) is 28.1 Å². The molecule has 0 aliphatic heterocycles. The number of hydrogen-bond acceptors (Lipinski definition) is 2. The van der Waals surface area contributed by atoms with Gasteiger partial charge in [-0.3, -0.25) is 0 Å². The van der Waals surface area contributed by atoms with Crippen molar-refractivity contribution in [3.63, 3.8) is 0 Å². The lowest BCUT2D eigenvalue weighted by molar-refractivity contribution is 0.362. The summed E-state index contributed by atoms with van der Waals surface area (Å²) in [4.78, 5) is 0. The number of para-hydroxylation sites is 2. The van der Waals surface area contributed by atoms with E-state index in [0.717, 1.165) is 0 Å². The fraction of sp³-hybridized carbons (Fsp3) is 0.143. The van der Waals surface area contributed by atoms with Gasteiger partial charge in [0.25, 0.3) is 0 Å². The highest BCUT2D eigenvalue weighted by Gasteiger charge is 1.96. The van der Waals surface area contributed by atoms with Crippen LogP contribution in [-0.4, -0.2) is 10.6 Å². The smallest absolute Gasteiger partial charge is 0.162 e. The average Bonchev–Trinajstić information content (AvgIpc) is 1.94. The number of aromatic hydroxyl groups is 1. The first-order valence-electron chi connectivity index (χ1n) is 2.81. The Morgan fingerprint density at radius 2 is 2.10 bits per heavy atom. The minimum Gasteiger partial charge on any atom is -0.504 e. The molecule has 0 radical (unpaired) electrons. The first kappa shape index (κ1) is 7.41. The quantitative estimate of drug-likeness (QED) is 0.746. The molecule has 0 aromatic heterocycles. The van der Waals surface area contributed by atoms with E-state index >= 15 is 0 Å². The van der Waals surface area contributed by atoms with Crippen molar-refractivity contribution in [3.05, 3.63) is 24.3 Å². The summed E-state index contributed by atoms with van der Waals surface area (Å²) in [5.74, 6) is 0.668. The van der Waals surface area contributed by atoms with Crippen molar-refractivity contribution >= 4 is 15.9 Å². The molecular formula is C7H7BrO2. The Hall–Kier alpha value is -0.700. The highest BCUT2D eigenvalue weighted by atomic mass is 79.9. The number of halogens is 1. The SMILES string of the molecule is Oc1ccccc1OCBr. The van der Waals surface area contributed by atoms with Crippen molar-refractivity contribution in [1.29, 1.82) is 0 Å². The van der Waals surface area contributed by atoms with Crippen molar-refractivity contribution in [2.24, 2.45) is 0 Å². The summed E-state index contributed by atoms with van der Waals surface area (Å²) in [6.45, 7) is 0. The van der Waals surface area contributed by atoms with Crippen LogP contribution in [0.4, 0.5) is 0 Å². The fourth-order valence-electron chi connectivity index (χ4n) is 0.638. The Bertz CT molecular complexity index is 213. The van der Waals surface area contributed by atoms with E-state index in [0.29, 0.717) is 11.3 Å². The third-order valence-corrected chi connectivity index (χ3v) is 1.30. The predicted octanol–water partition coefficient (Wildman–Crippen LogP) is 2.12. The van der Waals surface area contributed by atoms with Crippen LogP contribution >= 0.6 is 15.9 Å². The minimum absolute atomic E-state index is 0.168. The highest BCUT2D eigenvalue weighted by Crippen LogP contribution is 2.24. The molecule has 10 heavy (non-hydrogen) atoms. The van der Waals surface area contributed by atoms with E-state index in [1.54, 1.807) is 24.3 Å². The second-order valence-corrected chi connectivity index (χ2v) is 2.18. The van der Waals surface area contributed by atoms with Gasteiger partial charge in [-0.25, -0.2) is 0 Å². The van der Waals surface area contributed by atoms with Gasteiger partial charge in [0.15, 0.2) is 11.5 Å². The molecule has 0 atom stereocenters. The number of phenolic OH excluding ortho intramolecular Hbond substituents is 1. The summed E-state index contributed by atoms with van der Waals surface area (Å²) >= 11 is 3.09. The van der Waals surface area contributed by atoms with Gasteiger partial charge in [0.05, 0.1) is 0 Å². The molecule has 0 amide bonds. The molecule has 1 aromatic rings. The second kappa shape index (κ2) is 3.46. The zero-order valence-electron chi connectivity index (χ0n) is 5.25. The van der Waals surface area contributed by atoms with Gasteiger partial charge in [0.2, 0.25) is 0 Å². The molecular weight excluding hydrogens is 196 g/mol. The summed E-state index contributed by atoms with van der Waals surface area (Å²) in [6.07, 6.45) is 0. The molecule has 54 valence electrons. The van der Waals surface area contributed by atoms with Crippen LogP contribution in [-0.2, 0) is 0 Å². The van der Waals surface area contributed by atoms with Gasteiger partial charge in [0, 0.05) is 0 Å². The van der Waals surface area contributed by atoms with Crippen molar-refractivity contribution in [3.8, 4) is 11.5 Å². The normalized spacial score (nSPS) is 9.30. The zero-order chi connectivity index (χ0) is 7.40. The van der Waals surface area contributed by atoms with Crippen molar-refractivity contribution < 1.29 is 9.84 Å². The number of rotatable bonds is 2. The molecule has 0 saturated carbocycles. The largest absolute Gasteiger partial charge is 0.504 e. The summed E-state index contributed by atoms with van der Waals surface area (Å²) in [5, 5.41) is 9.10. The lowest BCUT2D eigenvalue weighted by Crippen LogP contribution is -1.87. The number of ether oxygens (including phenoxy) is 1. The third-order valence-electron chi connectivity index (χ3n) is 1.08. The molecule has 1 N–H and O–H groups in total. The molecule has 0 aliphatic rings. The maximum Gasteiger partial charge on any atom is 0.162 e. The molecule has 0 aliphatic carbocycles. The Morgan fingerprint density at radius 3 is 2.70 bits per heavy atom. The number of alkyl halides is 1. The van der Waals surface area contributed by atoms with E-state index < -0.39 is 0 Å². The van der Waals surface area contributed by atoms with Gasteiger partial charge >= 0.3 is 0 Å². The minimum atomic E-state index is 0.168. The van der Waals surface area contributed by atoms with Crippen LogP contribution in [0.5, 0.6) is 11.5 Å². The molecule has 1 rings (SSSR count). The Balaban J connectivity index is 2.81. The zero-order valence-corrected chi connectivity index (χ0v) is 6.84. The van der Waals surface area contributed by atoms with Crippen LogP contribution in [0.25, 0.3) is 0 Å². The molecule has 0 unspecified atom stereocenters. The fourth-order valence-corrected chi connectivity index (χ4v) is 0.885. The number of hydrogen-bond donors (Lipinski definition) is 1. The van der Waals surface area contributed by atoms with Crippen LogP contribution in [0.3, 0.4) is 0 Å². The molecule has 0 saturated heterocycles. The van der Waals surface area contributed by atoms with Gasteiger partial charge < -0.3 is 9.84 Å². The van der Waals surface area contributed by atoms with E-state index in [2.05, 4.69) is 15.9 Å². The first-order chi connectivity index (χ1) is 4.84. The van der Waals surface area contributed by atoms with Crippen LogP contribution in [0, 0.1) is 0 Å². The van der Waals surface area contributed by atoms with Crippen molar-refractivity contribution in [1.82, 2.24) is 0 Å². The third kappa shape index (κ3) is 1.64. The lowest BCUT2D eigenvalue weighted by Gasteiger charge is -2.02. The maximum atomic E-state index is 9.10. The van der Waals surface area contributed by atoms with Gasteiger partial charge in [-0.2, -0.15) is 0 Å². The van der Waals surface area contributed by atoms with Crippen LogP contribution in [0.15, 0.2) is 24.3 Å². The number of phenols is 1. The Labute approximate surface area is 67.6 Å². The van der Waals surface area contributed by atoms with Crippen LogP contribution in [0.1, 0.15) is 0 Å². The van der Waals surface area contributed by atoms with Gasteiger partial charge in [-0.15, -0.1) is 0 Å². The van der Waals surface area contributed by atoms with Gasteiger partial charge in [-0.1, -0.05) is 12.1 Å².